The van der Waals surface area contributed by atoms with Crippen LogP contribution in [0.25, 0.3) is 0 Å². The van der Waals surface area contributed by atoms with Crippen LogP contribution in [0.2, 0.25) is 0 Å². The predicted octanol–water partition coefficient (Wildman–Crippen LogP) is 3.09. The maximum atomic E-state index is 14.1. The molecule has 1 aromatic carbocycles. The minimum atomic E-state index is -0.946. The van der Waals surface area contributed by atoms with Crippen LogP contribution in [0.5, 0.6) is 0 Å². The van der Waals surface area contributed by atoms with Gasteiger partial charge in [0, 0.05) is 5.56 Å². The minimum absolute atomic E-state index is 0.130. The number of urea groups is 1. The van der Waals surface area contributed by atoms with Gasteiger partial charge in [-0.05, 0) is 40.9 Å². The second kappa shape index (κ2) is 5.05. The number of hydrogen-bond acceptors (Lipinski definition) is 2. The van der Waals surface area contributed by atoms with Crippen LogP contribution >= 0.6 is 15.9 Å². The van der Waals surface area contributed by atoms with Gasteiger partial charge in [-0.3, -0.25) is 10.1 Å². The first-order chi connectivity index (χ1) is 9.95. The van der Waals surface area contributed by atoms with Crippen LogP contribution in [0, 0.1) is 11.6 Å². The van der Waals surface area contributed by atoms with Gasteiger partial charge >= 0.3 is 6.03 Å². The van der Waals surface area contributed by atoms with Gasteiger partial charge in [0.25, 0.3) is 5.91 Å². The van der Waals surface area contributed by atoms with Crippen LogP contribution in [-0.4, -0.2) is 22.4 Å². The number of halogens is 3. The molecule has 2 fully saturated rings. The van der Waals surface area contributed by atoms with Gasteiger partial charge in [0.15, 0.2) is 0 Å². The number of carbonyl (C=O) groups is 2. The summed E-state index contributed by atoms with van der Waals surface area (Å²) >= 11 is 3.00. The van der Waals surface area contributed by atoms with E-state index in [-0.39, 0.29) is 22.5 Å². The van der Waals surface area contributed by atoms with Crippen molar-refractivity contribution in [3.8, 4) is 0 Å². The molecule has 1 aromatic rings. The normalized spacial score (nSPS) is 20.4. The fraction of sp³-hybridized carbons (Fsp3) is 0.429. The summed E-state index contributed by atoms with van der Waals surface area (Å²) in [6.07, 6.45) is 2.70. The molecule has 3 amide bonds. The SMILES string of the molecule is O=C1NC(=O)C2(CCCC2)N1Cc1c(F)ccc(Br)c1F. The lowest BCUT2D eigenvalue weighted by Gasteiger charge is -2.31. The zero-order valence-electron chi connectivity index (χ0n) is 11.1. The Morgan fingerprint density at radius 2 is 1.90 bits per heavy atom. The minimum Gasteiger partial charge on any atom is -0.305 e. The molecule has 1 spiro atoms. The van der Waals surface area contributed by atoms with Crippen molar-refractivity contribution >= 4 is 27.9 Å². The molecule has 0 unspecified atom stereocenters. The van der Waals surface area contributed by atoms with Crippen LogP contribution in [0.4, 0.5) is 13.6 Å². The van der Waals surface area contributed by atoms with Crippen molar-refractivity contribution in [1.29, 1.82) is 0 Å². The number of imide groups is 1. The molecule has 1 saturated heterocycles. The molecule has 0 aromatic heterocycles. The molecular formula is C14H13BrF2N2O2. The molecule has 112 valence electrons. The Balaban J connectivity index is 1.99. The van der Waals surface area contributed by atoms with E-state index in [1.165, 1.54) is 11.0 Å². The number of benzene rings is 1. The lowest BCUT2D eigenvalue weighted by Crippen LogP contribution is -2.47. The first-order valence-electron chi connectivity index (χ1n) is 6.71. The van der Waals surface area contributed by atoms with E-state index in [4.69, 9.17) is 0 Å². The fourth-order valence-electron chi connectivity index (χ4n) is 3.15. The van der Waals surface area contributed by atoms with Gasteiger partial charge in [-0.1, -0.05) is 12.8 Å². The van der Waals surface area contributed by atoms with Crippen molar-refractivity contribution in [3.63, 3.8) is 0 Å². The molecule has 1 aliphatic carbocycles. The van der Waals surface area contributed by atoms with E-state index < -0.39 is 23.2 Å². The van der Waals surface area contributed by atoms with E-state index in [1.807, 2.05) is 0 Å². The van der Waals surface area contributed by atoms with Crippen molar-refractivity contribution in [3.05, 3.63) is 33.8 Å². The van der Waals surface area contributed by atoms with Crippen LogP contribution in [-0.2, 0) is 11.3 Å². The first-order valence-corrected chi connectivity index (χ1v) is 7.50. The summed E-state index contributed by atoms with van der Waals surface area (Å²) in [5.74, 6) is -1.83. The van der Waals surface area contributed by atoms with Crippen molar-refractivity contribution in [1.82, 2.24) is 10.2 Å². The molecular weight excluding hydrogens is 346 g/mol. The van der Waals surface area contributed by atoms with E-state index in [9.17, 15) is 18.4 Å². The van der Waals surface area contributed by atoms with Gasteiger partial charge < -0.3 is 4.90 Å². The summed E-state index contributed by atoms with van der Waals surface area (Å²) in [6, 6.07) is 1.83. The van der Waals surface area contributed by atoms with Crippen LogP contribution in [0.3, 0.4) is 0 Å². The Hall–Kier alpha value is -1.50. The van der Waals surface area contributed by atoms with Gasteiger partial charge in [0.2, 0.25) is 0 Å². The molecule has 3 rings (SSSR count). The largest absolute Gasteiger partial charge is 0.325 e. The average Bonchev–Trinajstić information content (AvgIpc) is 3.01. The second-order valence-corrected chi connectivity index (χ2v) is 6.26. The summed E-state index contributed by atoms with van der Waals surface area (Å²) in [6.45, 7) is -0.255. The number of hydrogen-bond donors (Lipinski definition) is 1. The van der Waals surface area contributed by atoms with Gasteiger partial charge in [0.05, 0.1) is 11.0 Å². The molecule has 0 bridgehead atoms. The predicted molar refractivity (Wildman–Crippen MR) is 74.3 cm³/mol. The first kappa shape index (κ1) is 14.4. The highest BCUT2D eigenvalue weighted by atomic mass is 79.9. The Labute approximate surface area is 128 Å². The van der Waals surface area contributed by atoms with Gasteiger partial charge in [-0.15, -0.1) is 0 Å². The molecule has 21 heavy (non-hydrogen) atoms. The maximum absolute atomic E-state index is 14.1. The fourth-order valence-corrected chi connectivity index (χ4v) is 3.52. The molecule has 0 atom stereocenters. The number of carbonyl (C=O) groups excluding carboxylic acids is 2. The molecule has 1 saturated carbocycles. The average molecular weight is 359 g/mol. The standard InChI is InChI=1S/C14H13BrF2N2O2/c15-9-3-4-10(16)8(11(9)17)7-19-13(21)18-12(20)14(19)5-1-2-6-14/h3-4H,1-2,5-7H2,(H,18,20,21). The summed E-state index contributed by atoms with van der Waals surface area (Å²) in [4.78, 5) is 25.3. The number of nitrogens with one attached hydrogen (secondary N) is 1. The third-order valence-electron chi connectivity index (χ3n) is 4.29. The number of rotatable bonds is 2. The molecule has 1 aliphatic heterocycles. The smallest absolute Gasteiger partial charge is 0.305 e. The Kier molecular flexibility index (Phi) is 3.47. The third kappa shape index (κ3) is 2.14. The van der Waals surface area contributed by atoms with Crippen molar-refractivity contribution in [2.75, 3.05) is 0 Å². The molecule has 4 nitrogen and oxygen atoms in total. The summed E-state index contributed by atoms with van der Waals surface area (Å²) in [5, 5.41) is 2.26. The monoisotopic (exact) mass is 358 g/mol. The second-order valence-electron chi connectivity index (χ2n) is 5.41. The van der Waals surface area contributed by atoms with Crippen LogP contribution in [0.1, 0.15) is 31.2 Å². The van der Waals surface area contributed by atoms with Crippen LogP contribution in [0.15, 0.2) is 16.6 Å². The zero-order chi connectivity index (χ0) is 15.2. The number of nitrogens with zero attached hydrogens (tertiary/aromatic N) is 1. The lowest BCUT2D eigenvalue weighted by atomic mass is 9.95. The highest BCUT2D eigenvalue weighted by Gasteiger charge is 2.54. The zero-order valence-corrected chi connectivity index (χ0v) is 12.7. The third-order valence-corrected chi connectivity index (χ3v) is 4.90. The quantitative estimate of drug-likeness (QED) is 0.652. The van der Waals surface area contributed by atoms with E-state index >= 15 is 0 Å². The Bertz CT molecular complexity index is 630. The Morgan fingerprint density at radius 1 is 1.24 bits per heavy atom. The van der Waals surface area contributed by atoms with Crippen LogP contribution < -0.4 is 5.32 Å². The van der Waals surface area contributed by atoms with Gasteiger partial charge in [-0.2, -0.15) is 0 Å². The van der Waals surface area contributed by atoms with Crippen molar-refractivity contribution in [2.24, 2.45) is 0 Å². The van der Waals surface area contributed by atoms with E-state index in [2.05, 4.69) is 21.2 Å². The molecule has 7 heteroatoms. The van der Waals surface area contributed by atoms with E-state index in [1.54, 1.807) is 0 Å². The molecule has 0 radical (unpaired) electrons. The van der Waals surface area contributed by atoms with E-state index in [0.29, 0.717) is 12.8 Å². The molecule has 1 heterocycles. The van der Waals surface area contributed by atoms with Crippen molar-refractivity contribution in [2.45, 2.75) is 37.8 Å². The molecule has 2 aliphatic rings. The van der Waals surface area contributed by atoms with Gasteiger partial charge in [-0.25, -0.2) is 13.6 Å². The Morgan fingerprint density at radius 3 is 2.57 bits per heavy atom. The van der Waals surface area contributed by atoms with E-state index in [0.717, 1.165) is 18.9 Å². The summed E-state index contributed by atoms with van der Waals surface area (Å²) in [5.41, 5.74) is -1.15. The highest BCUT2D eigenvalue weighted by molar-refractivity contribution is 9.10. The maximum Gasteiger partial charge on any atom is 0.325 e. The van der Waals surface area contributed by atoms with Crippen molar-refractivity contribution < 1.29 is 18.4 Å². The number of amides is 3. The topological polar surface area (TPSA) is 49.4 Å². The lowest BCUT2D eigenvalue weighted by molar-refractivity contribution is -0.126. The molecule has 1 N–H and O–H groups in total. The van der Waals surface area contributed by atoms with Gasteiger partial charge in [0.1, 0.15) is 17.2 Å². The highest BCUT2D eigenvalue weighted by Crippen LogP contribution is 2.40. The summed E-state index contributed by atoms with van der Waals surface area (Å²) in [7, 11) is 0. The summed E-state index contributed by atoms with van der Waals surface area (Å²) < 4.78 is 28.1.